The van der Waals surface area contributed by atoms with Crippen molar-refractivity contribution in [1.29, 1.82) is 0 Å². The molecule has 0 aliphatic carbocycles. The van der Waals surface area contributed by atoms with E-state index in [4.69, 9.17) is 32.8 Å². The van der Waals surface area contributed by atoms with Gasteiger partial charge >= 0.3 is 5.63 Å². The largest absolute Gasteiger partial charge is 0.497 e. The lowest BCUT2D eigenvalue weighted by atomic mass is 10.0. The third-order valence-corrected chi connectivity index (χ3v) is 4.81. The Morgan fingerprint density at radius 2 is 1.42 bits per heavy atom. The van der Waals surface area contributed by atoms with Crippen molar-refractivity contribution in [3.05, 3.63) is 46.8 Å². The molecule has 3 aromatic rings. The minimum absolute atomic E-state index is 0.286. The zero-order valence-corrected chi connectivity index (χ0v) is 17.5. The monoisotopic (exact) mass is 428 g/mol. The van der Waals surface area contributed by atoms with Gasteiger partial charge in [-0.05, 0) is 35.9 Å². The predicted molar refractivity (Wildman–Crippen MR) is 114 cm³/mol. The van der Waals surface area contributed by atoms with Crippen LogP contribution in [0.25, 0.3) is 22.1 Å². The van der Waals surface area contributed by atoms with Gasteiger partial charge in [-0.25, -0.2) is 4.79 Å². The van der Waals surface area contributed by atoms with Gasteiger partial charge in [0.1, 0.15) is 24.7 Å². The second-order valence-corrected chi connectivity index (χ2v) is 6.78. The van der Waals surface area contributed by atoms with E-state index in [0.717, 1.165) is 0 Å². The molecule has 0 saturated heterocycles. The summed E-state index contributed by atoms with van der Waals surface area (Å²) in [7, 11) is 3.11. The molecule has 2 aromatic carbocycles. The second kappa shape index (κ2) is 9.72. The summed E-state index contributed by atoms with van der Waals surface area (Å²) in [5.41, 5.74) is 0.822. The predicted octanol–water partition coefficient (Wildman–Crippen LogP) is 3.28. The normalized spacial score (nSPS) is 15.0. The summed E-state index contributed by atoms with van der Waals surface area (Å²) in [5.74, 6) is 2.00. The quantitative estimate of drug-likeness (QED) is 0.588. The molecule has 0 saturated carbocycles. The maximum absolute atomic E-state index is 12.9. The molecule has 0 bridgehead atoms. The highest BCUT2D eigenvalue weighted by Crippen LogP contribution is 2.37. The average molecular weight is 428 g/mol. The van der Waals surface area contributed by atoms with Gasteiger partial charge < -0.3 is 32.8 Å². The van der Waals surface area contributed by atoms with Gasteiger partial charge in [0, 0.05) is 11.5 Å². The number of hydrogen-bond donors (Lipinski definition) is 0. The van der Waals surface area contributed by atoms with Crippen LogP contribution in [-0.2, 0) is 9.47 Å². The maximum Gasteiger partial charge on any atom is 0.344 e. The van der Waals surface area contributed by atoms with Crippen LogP contribution < -0.4 is 24.6 Å². The first-order chi connectivity index (χ1) is 15.2. The van der Waals surface area contributed by atoms with Crippen molar-refractivity contribution in [2.75, 3.05) is 53.9 Å². The van der Waals surface area contributed by atoms with Crippen LogP contribution in [0.4, 0.5) is 0 Å². The van der Waals surface area contributed by atoms with Gasteiger partial charge in [-0.15, -0.1) is 0 Å². The van der Waals surface area contributed by atoms with E-state index in [-0.39, 0.29) is 6.61 Å². The smallest absolute Gasteiger partial charge is 0.344 e. The molecule has 0 atom stereocenters. The van der Waals surface area contributed by atoms with Crippen molar-refractivity contribution in [2.24, 2.45) is 0 Å². The summed E-state index contributed by atoms with van der Waals surface area (Å²) in [6.07, 6.45) is 0. The molecule has 1 aliphatic heterocycles. The fraction of sp³-hybridized carbons (Fsp3) is 0.348. The summed E-state index contributed by atoms with van der Waals surface area (Å²) in [6, 6.07) is 10.6. The highest BCUT2D eigenvalue weighted by Gasteiger charge is 2.18. The molecular formula is C23H24O8. The summed E-state index contributed by atoms with van der Waals surface area (Å²) in [4.78, 5) is 12.9. The van der Waals surface area contributed by atoms with E-state index in [1.54, 1.807) is 44.6 Å². The highest BCUT2D eigenvalue weighted by atomic mass is 16.6. The summed E-state index contributed by atoms with van der Waals surface area (Å²) in [5, 5.41) is 0.697. The number of fused-ring (bicyclic) bond motifs is 3. The first-order valence-electron chi connectivity index (χ1n) is 9.95. The highest BCUT2D eigenvalue weighted by molar-refractivity contribution is 5.88. The van der Waals surface area contributed by atoms with Gasteiger partial charge in [-0.1, -0.05) is 0 Å². The molecule has 1 aromatic heterocycles. The van der Waals surface area contributed by atoms with Crippen LogP contribution >= 0.6 is 0 Å². The lowest BCUT2D eigenvalue weighted by Gasteiger charge is -2.16. The van der Waals surface area contributed by atoms with E-state index in [9.17, 15) is 4.79 Å². The van der Waals surface area contributed by atoms with E-state index < -0.39 is 5.63 Å². The van der Waals surface area contributed by atoms with Crippen molar-refractivity contribution >= 4 is 11.0 Å². The Morgan fingerprint density at radius 1 is 0.774 bits per heavy atom. The Labute approximate surface area is 179 Å². The summed E-state index contributed by atoms with van der Waals surface area (Å²) >= 11 is 0. The van der Waals surface area contributed by atoms with E-state index in [2.05, 4.69) is 0 Å². The third-order valence-electron chi connectivity index (χ3n) is 4.81. The molecule has 0 spiro atoms. The van der Waals surface area contributed by atoms with Gasteiger partial charge in [0.05, 0.1) is 46.2 Å². The van der Waals surface area contributed by atoms with Crippen LogP contribution in [0.1, 0.15) is 0 Å². The Kier molecular flexibility index (Phi) is 6.59. The third kappa shape index (κ3) is 4.76. The number of benzene rings is 2. The number of ether oxygens (including phenoxy) is 6. The Bertz CT molecular complexity index is 1080. The van der Waals surface area contributed by atoms with Crippen molar-refractivity contribution in [1.82, 2.24) is 0 Å². The molecule has 0 radical (unpaired) electrons. The topological polar surface area (TPSA) is 85.6 Å². The number of hydrogen-bond acceptors (Lipinski definition) is 8. The van der Waals surface area contributed by atoms with Crippen molar-refractivity contribution in [3.63, 3.8) is 0 Å². The molecule has 4 rings (SSSR count). The van der Waals surface area contributed by atoms with Crippen molar-refractivity contribution in [2.45, 2.75) is 0 Å². The molecule has 1 aliphatic rings. The molecule has 0 amide bonds. The van der Waals surface area contributed by atoms with Gasteiger partial charge in [-0.2, -0.15) is 0 Å². The first-order valence-corrected chi connectivity index (χ1v) is 9.95. The molecule has 31 heavy (non-hydrogen) atoms. The Morgan fingerprint density at radius 3 is 2.10 bits per heavy atom. The standard InChI is InChI=1S/C23H24O8/c1-25-17-11-16(12-18(14-17)26-2)19-13-15-3-4-20-22(21(15)31-23(19)24)30-10-8-28-6-5-27-7-9-29-20/h3-4,11-14H,5-10H2,1-2H3. The van der Waals surface area contributed by atoms with E-state index >= 15 is 0 Å². The molecule has 8 heteroatoms. The van der Waals surface area contributed by atoms with Crippen LogP contribution in [0.2, 0.25) is 0 Å². The fourth-order valence-electron chi connectivity index (χ4n) is 3.29. The van der Waals surface area contributed by atoms with Crippen LogP contribution in [-0.4, -0.2) is 53.9 Å². The molecule has 0 N–H and O–H groups in total. The molecule has 8 nitrogen and oxygen atoms in total. The second-order valence-electron chi connectivity index (χ2n) is 6.78. The molecule has 2 heterocycles. The number of rotatable bonds is 3. The average Bonchev–Trinajstić information content (AvgIpc) is 2.78. The maximum atomic E-state index is 12.9. The van der Waals surface area contributed by atoms with Crippen molar-refractivity contribution < 1.29 is 32.8 Å². The zero-order valence-electron chi connectivity index (χ0n) is 17.5. The van der Waals surface area contributed by atoms with Crippen LogP contribution in [0, 0.1) is 0 Å². The van der Waals surface area contributed by atoms with E-state index in [0.29, 0.717) is 78.1 Å². The summed E-state index contributed by atoms with van der Waals surface area (Å²) in [6.45, 7) is 2.41. The Hall–Kier alpha value is -3.23. The van der Waals surface area contributed by atoms with Crippen LogP contribution in [0.3, 0.4) is 0 Å². The molecule has 0 fully saturated rings. The summed E-state index contributed by atoms with van der Waals surface area (Å²) < 4.78 is 38.9. The number of methoxy groups -OCH3 is 2. The van der Waals surface area contributed by atoms with Crippen LogP contribution in [0.5, 0.6) is 23.0 Å². The van der Waals surface area contributed by atoms with Gasteiger partial charge in [0.25, 0.3) is 0 Å². The van der Waals surface area contributed by atoms with Gasteiger partial charge in [-0.3, -0.25) is 0 Å². The lowest BCUT2D eigenvalue weighted by Crippen LogP contribution is -2.16. The van der Waals surface area contributed by atoms with Crippen molar-refractivity contribution in [3.8, 4) is 34.1 Å². The molecular weight excluding hydrogens is 404 g/mol. The van der Waals surface area contributed by atoms with E-state index in [1.165, 1.54) is 0 Å². The van der Waals surface area contributed by atoms with E-state index in [1.807, 2.05) is 6.07 Å². The fourth-order valence-corrected chi connectivity index (χ4v) is 3.29. The zero-order chi connectivity index (χ0) is 21.6. The Balaban J connectivity index is 1.78. The SMILES string of the molecule is COc1cc(OC)cc(-c2cc3ccc4c(c3oc2=O)OCCOCCOCCO4)c1. The van der Waals surface area contributed by atoms with Gasteiger partial charge in [0.15, 0.2) is 11.3 Å². The molecule has 164 valence electrons. The first kappa shape index (κ1) is 21.0. The minimum Gasteiger partial charge on any atom is -0.497 e. The van der Waals surface area contributed by atoms with Crippen LogP contribution in [0.15, 0.2) is 45.6 Å². The van der Waals surface area contributed by atoms with Gasteiger partial charge in [0.2, 0.25) is 5.75 Å². The lowest BCUT2D eigenvalue weighted by molar-refractivity contribution is 0.0224. The molecule has 0 unspecified atom stereocenters. The minimum atomic E-state index is -0.509.